The first kappa shape index (κ1) is 18.9. The van der Waals surface area contributed by atoms with E-state index in [0.29, 0.717) is 31.8 Å². The van der Waals surface area contributed by atoms with Crippen LogP contribution in [0.1, 0.15) is 26.7 Å². The Kier molecular flexibility index (Phi) is 7.28. The molecule has 0 fully saturated rings. The van der Waals surface area contributed by atoms with Crippen molar-refractivity contribution in [1.29, 1.82) is 0 Å². The van der Waals surface area contributed by atoms with Gasteiger partial charge in [-0.2, -0.15) is 0 Å². The fraction of sp³-hybridized carbons (Fsp3) is 0.600. The maximum absolute atomic E-state index is 12.5. The van der Waals surface area contributed by atoms with Crippen molar-refractivity contribution in [2.45, 2.75) is 37.1 Å². The average Bonchev–Trinajstić information content (AvgIpc) is 2.53. The quantitative estimate of drug-likeness (QED) is 0.635. The van der Waals surface area contributed by atoms with Gasteiger partial charge in [0, 0.05) is 19.2 Å². The van der Waals surface area contributed by atoms with E-state index in [1.165, 1.54) is 12.1 Å². The van der Waals surface area contributed by atoms with Crippen molar-refractivity contribution in [2.24, 2.45) is 5.73 Å². The molecule has 3 N–H and O–H groups in total. The third-order valence-corrected chi connectivity index (χ3v) is 5.38. The number of ether oxygens (including phenoxy) is 2. The Morgan fingerprint density at radius 3 is 2.18 bits per heavy atom. The van der Waals surface area contributed by atoms with E-state index in [2.05, 4.69) is 4.72 Å². The van der Waals surface area contributed by atoms with Gasteiger partial charge in [0.1, 0.15) is 12.4 Å². The largest absolute Gasteiger partial charge is 0.491 e. The maximum atomic E-state index is 12.5. The van der Waals surface area contributed by atoms with E-state index in [4.69, 9.17) is 15.2 Å². The smallest absolute Gasteiger partial charge is 0.241 e. The molecule has 1 aromatic rings. The summed E-state index contributed by atoms with van der Waals surface area (Å²) >= 11 is 0. The highest BCUT2D eigenvalue weighted by molar-refractivity contribution is 7.89. The van der Waals surface area contributed by atoms with Crippen molar-refractivity contribution in [3.8, 4) is 5.75 Å². The summed E-state index contributed by atoms with van der Waals surface area (Å²) in [6.07, 6.45) is 1.27. The van der Waals surface area contributed by atoms with E-state index >= 15 is 0 Å². The average molecular weight is 330 g/mol. The van der Waals surface area contributed by atoms with Crippen molar-refractivity contribution in [2.75, 3.05) is 26.9 Å². The highest BCUT2D eigenvalue weighted by atomic mass is 32.2. The lowest BCUT2D eigenvalue weighted by Gasteiger charge is -2.31. The molecule has 0 heterocycles. The molecule has 7 heteroatoms. The fourth-order valence-electron chi connectivity index (χ4n) is 2.03. The molecule has 6 nitrogen and oxygen atoms in total. The Morgan fingerprint density at radius 1 is 1.14 bits per heavy atom. The van der Waals surface area contributed by atoms with Gasteiger partial charge in [0.25, 0.3) is 0 Å². The number of sulfonamides is 1. The second-order valence-electron chi connectivity index (χ2n) is 5.11. The fourth-order valence-corrected chi connectivity index (χ4v) is 3.58. The van der Waals surface area contributed by atoms with Crippen LogP contribution < -0.4 is 15.2 Å². The van der Waals surface area contributed by atoms with E-state index < -0.39 is 15.6 Å². The van der Waals surface area contributed by atoms with Gasteiger partial charge in [-0.05, 0) is 37.1 Å². The Hall–Kier alpha value is -1.15. The third kappa shape index (κ3) is 4.95. The van der Waals surface area contributed by atoms with E-state index in [9.17, 15) is 8.42 Å². The van der Waals surface area contributed by atoms with Crippen LogP contribution in [0.15, 0.2) is 29.2 Å². The molecule has 0 aliphatic heterocycles. The monoisotopic (exact) mass is 330 g/mol. The van der Waals surface area contributed by atoms with Crippen molar-refractivity contribution in [1.82, 2.24) is 4.72 Å². The minimum Gasteiger partial charge on any atom is -0.491 e. The highest BCUT2D eigenvalue weighted by Crippen LogP contribution is 2.20. The van der Waals surface area contributed by atoms with Gasteiger partial charge < -0.3 is 15.2 Å². The van der Waals surface area contributed by atoms with Gasteiger partial charge in [-0.1, -0.05) is 13.8 Å². The predicted octanol–water partition coefficient (Wildman–Crippen LogP) is 1.51. The maximum Gasteiger partial charge on any atom is 0.241 e. The minimum absolute atomic E-state index is 0.200. The molecule has 0 aliphatic carbocycles. The second kappa shape index (κ2) is 8.47. The number of methoxy groups -OCH3 is 1. The van der Waals surface area contributed by atoms with Crippen molar-refractivity contribution < 1.29 is 17.9 Å². The molecule has 22 heavy (non-hydrogen) atoms. The molecule has 0 amide bonds. The van der Waals surface area contributed by atoms with Gasteiger partial charge >= 0.3 is 0 Å². The lowest BCUT2D eigenvalue weighted by atomic mass is 9.95. The summed E-state index contributed by atoms with van der Waals surface area (Å²) in [5.41, 5.74) is 5.14. The van der Waals surface area contributed by atoms with Crippen LogP contribution >= 0.6 is 0 Å². The lowest BCUT2D eigenvalue weighted by molar-refractivity contribution is 0.146. The molecule has 0 saturated heterocycles. The molecule has 126 valence electrons. The van der Waals surface area contributed by atoms with Crippen LogP contribution in [0.3, 0.4) is 0 Å². The van der Waals surface area contributed by atoms with Crippen molar-refractivity contribution >= 4 is 10.0 Å². The van der Waals surface area contributed by atoms with Crippen LogP contribution in [0.25, 0.3) is 0 Å². The molecule has 0 aromatic heterocycles. The summed E-state index contributed by atoms with van der Waals surface area (Å²) < 4.78 is 38.0. The van der Waals surface area contributed by atoms with Gasteiger partial charge in [0.15, 0.2) is 0 Å². The van der Waals surface area contributed by atoms with Gasteiger partial charge in [-0.3, -0.25) is 0 Å². The molecule has 0 atom stereocenters. The van der Waals surface area contributed by atoms with Crippen molar-refractivity contribution in [3.63, 3.8) is 0 Å². The zero-order chi connectivity index (χ0) is 16.6. The van der Waals surface area contributed by atoms with Crippen LogP contribution in [-0.2, 0) is 14.8 Å². The van der Waals surface area contributed by atoms with Crippen LogP contribution in [-0.4, -0.2) is 40.8 Å². The topological polar surface area (TPSA) is 90.7 Å². The molecule has 1 aromatic carbocycles. The van der Waals surface area contributed by atoms with Crippen molar-refractivity contribution in [3.05, 3.63) is 24.3 Å². The number of benzene rings is 1. The predicted molar refractivity (Wildman–Crippen MR) is 86.5 cm³/mol. The normalized spacial score (nSPS) is 12.4. The molecular weight excluding hydrogens is 304 g/mol. The molecular formula is C15H26N2O4S. The second-order valence-corrected chi connectivity index (χ2v) is 6.79. The van der Waals surface area contributed by atoms with E-state index in [1.54, 1.807) is 19.2 Å². The first-order chi connectivity index (χ1) is 10.4. The first-order valence-corrected chi connectivity index (χ1v) is 8.87. The number of nitrogens with one attached hydrogen (secondary N) is 1. The minimum atomic E-state index is -3.61. The first-order valence-electron chi connectivity index (χ1n) is 7.39. The molecule has 0 aliphatic rings. The van der Waals surface area contributed by atoms with Gasteiger partial charge in [0.05, 0.1) is 11.5 Å². The van der Waals surface area contributed by atoms with Crippen LogP contribution in [0.4, 0.5) is 0 Å². The summed E-state index contributed by atoms with van der Waals surface area (Å²) in [6, 6.07) is 6.31. The highest BCUT2D eigenvalue weighted by Gasteiger charge is 2.30. The molecule has 1 rings (SSSR count). The Bertz CT molecular complexity index is 531. The zero-order valence-electron chi connectivity index (χ0n) is 13.5. The van der Waals surface area contributed by atoms with E-state index in [-0.39, 0.29) is 11.4 Å². The molecule has 0 unspecified atom stereocenters. The Labute approximate surface area is 133 Å². The lowest BCUT2D eigenvalue weighted by Crippen LogP contribution is -2.52. The van der Waals surface area contributed by atoms with E-state index in [0.717, 1.165) is 0 Å². The molecule has 0 bridgehead atoms. The zero-order valence-corrected chi connectivity index (χ0v) is 14.3. The number of hydrogen-bond acceptors (Lipinski definition) is 5. The third-order valence-electron chi connectivity index (χ3n) is 3.79. The number of rotatable bonds is 10. The van der Waals surface area contributed by atoms with Gasteiger partial charge in [-0.25, -0.2) is 13.1 Å². The number of nitrogens with two attached hydrogens (primary N) is 1. The van der Waals surface area contributed by atoms with Gasteiger partial charge in [-0.15, -0.1) is 0 Å². The summed E-state index contributed by atoms with van der Waals surface area (Å²) in [7, 11) is -2.01. The van der Waals surface area contributed by atoms with Crippen LogP contribution in [0.5, 0.6) is 5.75 Å². The Balaban J connectivity index is 2.85. The SMILES string of the molecule is CCC(CC)(CN)NS(=O)(=O)c1ccc(OCCOC)cc1. The molecule has 0 spiro atoms. The summed E-state index contributed by atoms with van der Waals surface area (Å²) in [5.74, 6) is 0.604. The summed E-state index contributed by atoms with van der Waals surface area (Å²) in [5, 5.41) is 0. The van der Waals surface area contributed by atoms with Crippen LogP contribution in [0.2, 0.25) is 0 Å². The summed E-state index contributed by atoms with van der Waals surface area (Å²) in [6.45, 7) is 5.01. The number of hydrogen-bond donors (Lipinski definition) is 2. The van der Waals surface area contributed by atoms with E-state index in [1.807, 2.05) is 13.8 Å². The summed E-state index contributed by atoms with van der Waals surface area (Å²) in [4.78, 5) is 0.200. The van der Waals surface area contributed by atoms with Crippen LogP contribution in [0, 0.1) is 0 Å². The Morgan fingerprint density at radius 2 is 1.73 bits per heavy atom. The molecule has 0 radical (unpaired) electrons. The van der Waals surface area contributed by atoms with Gasteiger partial charge in [0.2, 0.25) is 10.0 Å². The molecule has 0 saturated carbocycles. The standard InChI is InChI=1S/C15H26N2O4S/c1-4-15(5-2,12-16)17-22(18,19)14-8-6-13(7-9-14)21-11-10-20-3/h6-9,17H,4-5,10-12,16H2,1-3H3.